The van der Waals surface area contributed by atoms with Crippen molar-refractivity contribution in [2.24, 2.45) is 0 Å². The zero-order valence-corrected chi connectivity index (χ0v) is 12.4. The molecule has 6 heteroatoms. The highest BCUT2D eigenvalue weighted by Crippen LogP contribution is 2.19. The SMILES string of the molecule is CCc1nc2cc(C(=O)O)ccc2n1CCCS(C)=O. The minimum atomic E-state index is -0.944. The van der Waals surface area contributed by atoms with Gasteiger partial charge in [-0.3, -0.25) is 4.21 Å². The Hall–Kier alpha value is -1.69. The topological polar surface area (TPSA) is 72.2 Å². The smallest absolute Gasteiger partial charge is 0.335 e. The number of carboxylic acids is 1. The van der Waals surface area contributed by atoms with Gasteiger partial charge in [0.1, 0.15) is 5.82 Å². The number of hydrogen-bond donors (Lipinski definition) is 1. The first-order valence-corrected chi connectivity index (χ1v) is 8.28. The van der Waals surface area contributed by atoms with Crippen molar-refractivity contribution in [1.82, 2.24) is 9.55 Å². The second kappa shape index (κ2) is 6.17. The summed E-state index contributed by atoms with van der Waals surface area (Å²) in [6.45, 7) is 2.78. The first kappa shape index (κ1) is 14.7. The standard InChI is InChI=1S/C14H18N2O3S/c1-3-13-15-11-9-10(14(17)18)5-6-12(11)16(13)7-4-8-20(2)19/h5-6,9H,3-4,7-8H2,1-2H3,(H,17,18). The number of rotatable bonds is 6. The molecule has 1 atom stereocenters. The lowest BCUT2D eigenvalue weighted by Gasteiger charge is -2.07. The van der Waals surface area contributed by atoms with E-state index in [4.69, 9.17) is 5.11 Å². The Morgan fingerprint density at radius 2 is 2.20 bits per heavy atom. The predicted octanol–water partition coefficient (Wildman–Crippen LogP) is 2.07. The quantitative estimate of drug-likeness (QED) is 0.885. The summed E-state index contributed by atoms with van der Waals surface area (Å²) in [6, 6.07) is 5.00. The van der Waals surface area contributed by atoms with Crippen molar-refractivity contribution in [1.29, 1.82) is 0 Å². The maximum Gasteiger partial charge on any atom is 0.335 e. The molecule has 0 radical (unpaired) electrons. The van der Waals surface area contributed by atoms with Crippen molar-refractivity contribution in [3.05, 3.63) is 29.6 Å². The van der Waals surface area contributed by atoms with Crippen LogP contribution in [-0.4, -0.2) is 36.8 Å². The van der Waals surface area contributed by atoms with E-state index in [1.807, 2.05) is 6.92 Å². The molecule has 0 saturated carbocycles. The van der Waals surface area contributed by atoms with Crippen LogP contribution >= 0.6 is 0 Å². The van der Waals surface area contributed by atoms with E-state index < -0.39 is 16.8 Å². The molecule has 0 aliphatic heterocycles. The van der Waals surface area contributed by atoms with E-state index in [1.165, 1.54) is 0 Å². The largest absolute Gasteiger partial charge is 0.478 e. The molecule has 20 heavy (non-hydrogen) atoms. The fourth-order valence-electron chi connectivity index (χ4n) is 2.26. The zero-order chi connectivity index (χ0) is 14.7. The average Bonchev–Trinajstić information content (AvgIpc) is 2.75. The van der Waals surface area contributed by atoms with E-state index in [-0.39, 0.29) is 5.56 Å². The molecule has 1 unspecified atom stereocenters. The average molecular weight is 294 g/mol. The van der Waals surface area contributed by atoms with Crippen molar-refractivity contribution < 1.29 is 14.1 Å². The Labute approximate surface area is 120 Å². The molecule has 0 aliphatic rings. The number of aryl methyl sites for hydroxylation is 2. The number of carbonyl (C=O) groups is 1. The zero-order valence-electron chi connectivity index (χ0n) is 11.6. The van der Waals surface area contributed by atoms with E-state index in [9.17, 15) is 9.00 Å². The number of nitrogens with zero attached hydrogens (tertiary/aromatic N) is 2. The van der Waals surface area contributed by atoms with Crippen LogP contribution in [0.4, 0.5) is 0 Å². The molecule has 1 aromatic heterocycles. The first-order valence-electron chi connectivity index (χ1n) is 6.55. The van der Waals surface area contributed by atoms with E-state index in [2.05, 4.69) is 9.55 Å². The van der Waals surface area contributed by atoms with Crippen LogP contribution < -0.4 is 0 Å². The van der Waals surface area contributed by atoms with Crippen LogP contribution in [-0.2, 0) is 23.8 Å². The number of aromatic carboxylic acids is 1. The van der Waals surface area contributed by atoms with Gasteiger partial charge in [0, 0.05) is 35.8 Å². The van der Waals surface area contributed by atoms with Crippen LogP contribution in [0.5, 0.6) is 0 Å². The minimum Gasteiger partial charge on any atom is -0.478 e. The van der Waals surface area contributed by atoms with Crippen molar-refractivity contribution in [3.63, 3.8) is 0 Å². The summed E-state index contributed by atoms with van der Waals surface area (Å²) in [5, 5.41) is 9.01. The van der Waals surface area contributed by atoms with Gasteiger partial charge in [0.25, 0.3) is 0 Å². The van der Waals surface area contributed by atoms with Crippen LogP contribution in [0.3, 0.4) is 0 Å². The molecule has 2 aromatic rings. The van der Waals surface area contributed by atoms with Crippen molar-refractivity contribution in [2.75, 3.05) is 12.0 Å². The molecule has 0 aliphatic carbocycles. The highest BCUT2D eigenvalue weighted by atomic mass is 32.2. The maximum absolute atomic E-state index is 11.1. The minimum absolute atomic E-state index is 0.250. The summed E-state index contributed by atoms with van der Waals surface area (Å²) >= 11 is 0. The molecule has 0 fully saturated rings. The Morgan fingerprint density at radius 3 is 2.80 bits per heavy atom. The third kappa shape index (κ3) is 3.07. The van der Waals surface area contributed by atoms with Gasteiger partial charge in [-0.15, -0.1) is 0 Å². The van der Waals surface area contributed by atoms with Gasteiger partial charge in [-0.25, -0.2) is 9.78 Å². The number of imidazole rings is 1. The molecule has 1 N–H and O–H groups in total. The molecule has 5 nitrogen and oxygen atoms in total. The van der Waals surface area contributed by atoms with Crippen LogP contribution in [0.15, 0.2) is 18.2 Å². The Morgan fingerprint density at radius 1 is 1.45 bits per heavy atom. The Kier molecular flexibility index (Phi) is 4.54. The van der Waals surface area contributed by atoms with Crippen LogP contribution in [0.2, 0.25) is 0 Å². The summed E-state index contributed by atoms with van der Waals surface area (Å²) in [4.78, 5) is 15.5. The molecule has 1 aromatic carbocycles. The third-order valence-electron chi connectivity index (χ3n) is 3.20. The lowest BCUT2D eigenvalue weighted by atomic mass is 10.2. The maximum atomic E-state index is 11.1. The molecule has 108 valence electrons. The summed E-state index contributed by atoms with van der Waals surface area (Å²) < 4.78 is 13.2. The summed E-state index contributed by atoms with van der Waals surface area (Å²) in [6.07, 6.45) is 3.31. The fraction of sp³-hybridized carbons (Fsp3) is 0.429. The van der Waals surface area contributed by atoms with Gasteiger partial charge in [0.05, 0.1) is 16.6 Å². The third-order valence-corrected chi connectivity index (χ3v) is 4.07. The normalized spacial score (nSPS) is 12.7. The van der Waals surface area contributed by atoms with Crippen LogP contribution in [0.25, 0.3) is 11.0 Å². The van der Waals surface area contributed by atoms with Gasteiger partial charge in [-0.1, -0.05) is 6.92 Å². The highest BCUT2D eigenvalue weighted by molar-refractivity contribution is 7.84. The molecule has 1 heterocycles. The fourth-order valence-corrected chi connectivity index (χ4v) is 2.79. The molecule has 0 bridgehead atoms. The summed E-state index contributed by atoms with van der Waals surface area (Å²) in [5.41, 5.74) is 1.90. The number of carboxylic acid groups (broad SMARTS) is 1. The summed E-state index contributed by atoms with van der Waals surface area (Å²) in [7, 11) is -0.791. The van der Waals surface area contributed by atoms with Gasteiger partial charge >= 0.3 is 5.97 Å². The van der Waals surface area contributed by atoms with Crippen molar-refractivity contribution >= 4 is 27.8 Å². The van der Waals surface area contributed by atoms with Crippen LogP contribution in [0, 0.1) is 0 Å². The predicted molar refractivity (Wildman–Crippen MR) is 79.6 cm³/mol. The van der Waals surface area contributed by atoms with E-state index in [1.54, 1.807) is 24.5 Å². The van der Waals surface area contributed by atoms with E-state index in [0.717, 1.165) is 30.7 Å². The van der Waals surface area contributed by atoms with E-state index in [0.29, 0.717) is 11.3 Å². The van der Waals surface area contributed by atoms with Gasteiger partial charge in [-0.2, -0.15) is 0 Å². The second-order valence-corrected chi connectivity index (χ2v) is 6.23. The Bertz CT molecular complexity index is 664. The lowest BCUT2D eigenvalue weighted by molar-refractivity contribution is 0.0697. The molecule has 0 amide bonds. The monoisotopic (exact) mass is 294 g/mol. The molecule has 0 spiro atoms. The lowest BCUT2D eigenvalue weighted by Crippen LogP contribution is -2.06. The van der Waals surface area contributed by atoms with Gasteiger partial charge in [0.2, 0.25) is 0 Å². The van der Waals surface area contributed by atoms with Gasteiger partial charge in [0.15, 0.2) is 0 Å². The molecular weight excluding hydrogens is 276 g/mol. The van der Waals surface area contributed by atoms with Crippen molar-refractivity contribution in [3.8, 4) is 0 Å². The summed E-state index contributed by atoms with van der Waals surface area (Å²) in [5.74, 6) is 0.654. The van der Waals surface area contributed by atoms with E-state index >= 15 is 0 Å². The Balaban J connectivity index is 2.36. The van der Waals surface area contributed by atoms with Crippen molar-refractivity contribution in [2.45, 2.75) is 26.3 Å². The van der Waals surface area contributed by atoms with Crippen LogP contribution in [0.1, 0.15) is 29.5 Å². The van der Waals surface area contributed by atoms with Gasteiger partial charge < -0.3 is 9.67 Å². The number of hydrogen-bond acceptors (Lipinski definition) is 3. The molecule has 0 saturated heterocycles. The molecule has 2 rings (SSSR count). The first-order chi connectivity index (χ1) is 9.52. The highest BCUT2D eigenvalue weighted by Gasteiger charge is 2.12. The number of benzene rings is 1. The molecular formula is C14H18N2O3S. The number of aromatic nitrogens is 2. The second-order valence-electron chi connectivity index (χ2n) is 4.67. The van der Waals surface area contributed by atoms with Gasteiger partial charge in [-0.05, 0) is 24.6 Å². The number of fused-ring (bicyclic) bond motifs is 1.